The molecule has 1 saturated carbocycles. The quantitative estimate of drug-likeness (QED) is 0.558. The Hall–Kier alpha value is -3.05. The SMILES string of the molecule is O=C(Nc1ncc2ccc(-c3cnn4c3CNCC4)cc2n1)C1CCN(CC2(C(F)(F)F)CC2)CC1. The molecule has 3 aromatic rings. The van der Waals surface area contributed by atoms with Gasteiger partial charge in [0.25, 0.3) is 0 Å². The Morgan fingerprint density at radius 2 is 1.97 bits per heavy atom. The summed E-state index contributed by atoms with van der Waals surface area (Å²) < 4.78 is 41.8. The maximum Gasteiger partial charge on any atom is 0.395 e. The minimum atomic E-state index is -4.15. The molecular weight excluding hydrogens is 471 g/mol. The number of hydrogen-bond donors (Lipinski definition) is 2. The number of hydrogen-bond acceptors (Lipinski definition) is 6. The second-order valence-electron chi connectivity index (χ2n) is 10.2. The summed E-state index contributed by atoms with van der Waals surface area (Å²) in [6, 6.07) is 5.96. The summed E-state index contributed by atoms with van der Waals surface area (Å²) in [4.78, 5) is 23.6. The van der Waals surface area contributed by atoms with Gasteiger partial charge in [-0.3, -0.25) is 14.8 Å². The summed E-state index contributed by atoms with van der Waals surface area (Å²) >= 11 is 0. The Balaban J connectivity index is 1.11. The molecule has 190 valence electrons. The number of fused-ring (bicyclic) bond motifs is 2. The average molecular weight is 500 g/mol. The van der Waals surface area contributed by atoms with Crippen molar-refractivity contribution in [3.05, 3.63) is 36.3 Å². The number of amides is 1. The molecule has 3 aliphatic rings. The molecule has 0 bridgehead atoms. The van der Waals surface area contributed by atoms with Crippen LogP contribution in [0.25, 0.3) is 22.0 Å². The highest BCUT2D eigenvalue weighted by molar-refractivity contribution is 5.92. The molecule has 0 radical (unpaired) electrons. The summed E-state index contributed by atoms with van der Waals surface area (Å²) in [6.07, 6.45) is 0.877. The summed E-state index contributed by atoms with van der Waals surface area (Å²) in [5, 5.41) is 11.5. The molecule has 2 aliphatic heterocycles. The second-order valence-corrected chi connectivity index (χ2v) is 10.2. The summed E-state index contributed by atoms with van der Waals surface area (Å²) in [5.74, 6) is -0.210. The predicted molar refractivity (Wildman–Crippen MR) is 128 cm³/mol. The number of aromatic nitrogens is 4. The fourth-order valence-corrected chi connectivity index (χ4v) is 5.35. The Morgan fingerprint density at radius 1 is 1.17 bits per heavy atom. The van der Waals surface area contributed by atoms with Crippen molar-refractivity contribution in [2.45, 2.75) is 44.9 Å². The molecule has 4 heterocycles. The lowest BCUT2D eigenvalue weighted by Crippen LogP contribution is -2.44. The molecule has 1 amide bonds. The number of alkyl halides is 3. The first-order chi connectivity index (χ1) is 17.3. The van der Waals surface area contributed by atoms with Crippen LogP contribution in [0.2, 0.25) is 0 Å². The molecule has 6 rings (SSSR count). The Labute approximate surface area is 206 Å². The Bertz CT molecular complexity index is 1290. The van der Waals surface area contributed by atoms with Crippen molar-refractivity contribution in [2.24, 2.45) is 11.3 Å². The van der Waals surface area contributed by atoms with E-state index in [-0.39, 0.29) is 37.2 Å². The fraction of sp³-hybridized carbons (Fsp3) is 0.520. The highest BCUT2D eigenvalue weighted by atomic mass is 19.4. The Morgan fingerprint density at radius 3 is 2.72 bits per heavy atom. The van der Waals surface area contributed by atoms with E-state index in [4.69, 9.17) is 0 Å². The van der Waals surface area contributed by atoms with Crippen LogP contribution in [0.1, 0.15) is 31.4 Å². The molecule has 8 nitrogen and oxygen atoms in total. The third kappa shape index (κ3) is 4.34. The van der Waals surface area contributed by atoms with Gasteiger partial charge < -0.3 is 10.2 Å². The maximum absolute atomic E-state index is 13.3. The van der Waals surface area contributed by atoms with E-state index in [1.54, 1.807) is 6.20 Å². The number of benzene rings is 1. The van der Waals surface area contributed by atoms with E-state index < -0.39 is 11.6 Å². The van der Waals surface area contributed by atoms with E-state index in [0.717, 1.165) is 47.4 Å². The van der Waals surface area contributed by atoms with E-state index in [2.05, 4.69) is 25.7 Å². The van der Waals surface area contributed by atoms with Crippen LogP contribution in [0.5, 0.6) is 0 Å². The zero-order valence-corrected chi connectivity index (χ0v) is 19.8. The lowest BCUT2D eigenvalue weighted by Gasteiger charge is -2.34. The molecule has 1 saturated heterocycles. The van der Waals surface area contributed by atoms with Crippen molar-refractivity contribution >= 4 is 22.8 Å². The molecule has 36 heavy (non-hydrogen) atoms. The number of piperidine rings is 1. The van der Waals surface area contributed by atoms with Gasteiger partial charge in [0.15, 0.2) is 0 Å². The number of rotatable bonds is 5. The van der Waals surface area contributed by atoms with Crippen LogP contribution in [-0.2, 0) is 17.9 Å². The van der Waals surface area contributed by atoms with Gasteiger partial charge in [-0.1, -0.05) is 12.1 Å². The monoisotopic (exact) mass is 499 g/mol. The maximum atomic E-state index is 13.3. The lowest BCUT2D eigenvalue weighted by atomic mass is 9.94. The summed E-state index contributed by atoms with van der Waals surface area (Å²) in [6.45, 7) is 3.51. The molecule has 11 heteroatoms. The van der Waals surface area contributed by atoms with Crippen LogP contribution >= 0.6 is 0 Å². The number of likely N-dealkylation sites (tertiary alicyclic amines) is 1. The number of nitrogens with one attached hydrogen (secondary N) is 2. The van der Waals surface area contributed by atoms with Crippen LogP contribution < -0.4 is 10.6 Å². The average Bonchev–Trinajstić information content (AvgIpc) is 3.54. The van der Waals surface area contributed by atoms with Crippen LogP contribution in [0.3, 0.4) is 0 Å². The number of carbonyl (C=O) groups excluding carboxylic acids is 1. The third-order valence-corrected chi connectivity index (χ3v) is 7.81. The van der Waals surface area contributed by atoms with Gasteiger partial charge >= 0.3 is 6.18 Å². The topological polar surface area (TPSA) is 88.0 Å². The summed E-state index contributed by atoms with van der Waals surface area (Å²) in [7, 11) is 0. The van der Waals surface area contributed by atoms with Gasteiger partial charge in [-0.25, -0.2) is 9.97 Å². The zero-order valence-electron chi connectivity index (χ0n) is 19.8. The molecule has 2 aromatic heterocycles. The third-order valence-electron chi connectivity index (χ3n) is 7.81. The molecule has 2 fully saturated rings. The standard InChI is InChI=1S/C25H28F3N7O/c26-25(27,28)24(5-6-24)15-34-8-3-16(4-9-34)22(36)33-23-30-12-18-2-1-17(11-20(18)32-23)19-13-31-35-10-7-29-14-21(19)35/h1-2,11-13,16,29H,3-10,14-15H2,(H,30,32,33,36). The van der Waals surface area contributed by atoms with E-state index in [9.17, 15) is 18.0 Å². The second kappa shape index (κ2) is 8.81. The zero-order chi connectivity index (χ0) is 24.9. The van der Waals surface area contributed by atoms with Crippen LogP contribution in [0.15, 0.2) is 30.6 Å². The summed E-state index contributed by atoms with van der Waals surface area (Å²) in [5.41, 5.74) is 2.38. The van der Waals surface area contributed by atoms with Crippen molar-refractivity contribution in [1.29, 1.82) is 0 Å². The van der Waals surface area contributed by atoms with Gasteiger partial charge in [-0.15, -0.1) is 0 Å². The van der Waals surface area contributed by atoms with Crippen LogP contribution in [0.4, 0.5) is 19.1 Å². The van der Waals surface area contributed by atoms with E-state index in [1.165, 1.54) is 0 Å². The smallest absolute Gasteiger partial charge is 0.309 e. The molecule has 0 atom stereocenters. The fourth-order valence-electron chi connectivity index (χ4n) is 5.35. The molecule has 1 aliphatic carbocycles. The van der Waals surface area contributed by atoms with Crippen molar-refractivity contribution in [3.8, 4) is 11.1 Å². The number of anilines is 1. The van der Waals surface area contributed by atoms with Gasteiger partial charge in [-0.05, 0) is 50.4 Å². The molecule has 1 aromatic carbocycles. The van der Waals surface area contributed by atoms with Gasteiger partial charge in [0.05, 0.1) is 29.4 Å². The van der Waals surface area contributed by atoms with Gasteiger partial charge in [0.1, 0.15) is 0 Å². The first-order valence-corrected chi connectivity index (χ1v) is 12.4. The highest BCUT2D eigenvalue weighted by Crippen LogP contribution is 2.58. The number of halogens is 3. The van der Waals surface area contributed by atoms with E-state index in [0.29, 0.717) is 25.9 Å². The lowest BCUT2D eigenvalue weighted by molar-refractivity contribution is -0.192. The number of nitrogens with zero attached hydrogens (tertiary/aromatic N) is 5. The van der Waals surface area contributed by atoms with E-state index >= 15 is 0 Å². The van der Waals surface area contributed by atoms with E-state index in [1.807, 2.05) is 34.0 Å². The van der Waals surface area contributed by atoms with Gasteiger partial charge in [0.2, 0.25) is 11.9 Å². The highest BCUT2D eigenvalue weighted by Gasteiger charge is 2.63. The van der Waals surface area contributed by atoms with Crippen molar-refractivity contribution < 1.29 is 18.0 Å². The minimum Gasteiger partial charge on any atom is -0.309 e. The minimum absolute atomic E-state index is 0.0393. The molecule has 0 spiro atoms. The molecule has 2 N–H and O–H groups in total. The van der Waals surface area contributed by atoms with Crippen molar-refractivity contribution in [3.63, 3.8) is 0 Å². The van der Waals surface area contributed by atoms with Gasteiger partial charge in [0, 0.05) is 42.7 Å². The normalized spacial score (nSPS) is 20.3. The number of carbonyl (C=O) groups is 1. The van der Waals surface area contributed by atoms with Crippen LogP contribution in [-0.4, -0.2) is 62.9 Å². The van der Waals surface area contributed by atoms with Crippen molar-refractivity contribution in [1.82, 2.24) is 30.0 Å². The largest absolute Gasteiger partial charge is 0.395 e. The Kier molecular flexibility index (Phi) is 5.71. The first kappa shape index (κ1) is 23.4. The first-order valence-electron chi connectivity index (χ1n) is 12.4. The van der Waals surface area contributed by atoms with Gasteiger partial charge in [-0.2, -0.15) is 18.3 Å². The predicted octanol–water partition coefficient (Wildman–Crippen LogP) is 3.59. The van der Waals surface area contributed by atoms with Crippen molar-refractivity contribution in [2.75, 3.05) is 31.5 Å². The molecular formula is C25H28F3N7O. The molecule has 0 unspecified atom stereocenters. The van der Waals surface area contributed by atoms with Crippen LogP contribution in [0, 0.1) is 11.3 Å².